The number of nitrogens with zero attached hydrogens (tertiary/aromatic N) is 1. The molecule has 0 atom stereocenters. The molecule has 117 valence electrons. The van der Waals surface area contributed by atoms with E-state index in [1.54, 1.807) is 0 Å². The standard InChI is InChI=1S/C18H32N2Si/c1-20(2,17-18-11-7-6-8-12-18)15-14-19-13-9-4-3-5-10-16-21/h6-8,11-12,19H,3-5,9-10,13-17H2,1-2H3/q+1. The topological polar surface area (TPSA) is 12.0 Å². The second-order valence-corrected chi connectivity index (χ2v) is 7.07. The van der Waals surface area contributed by atoms with E-state index in [-0.39, 0.29) is 0 Å². The van der Waals surface area contributed by atoms with Crippen molar-refractivity contribution in [1.82, 2.24) is 5.32 Å². The van der Waals surface area contributed by atoms with Crippen LogP contribution in [0.25, 0.3) is 0 Å². The van der Waals surface area contributed by atoms with Crippen molar-refractivity contribution < 1.29 is 4.48 Å². The van der Waals surface area contributed by atoms with Crippen LogP contribution in [0.1, 0.15) is 37.7 Å². The molecule has 0 saturated heterocycles. The normalized spacial score (nSPS) is 11.8. The van der Waals surface area contributed by atoms with Gasteiger partial charge < -0.3 is 9.80 Å². The zero-order chi connectivity index (χ0) is 15.4. The van der Waals surface area contributed by atoms with Crippen molar-refractivity contribution in [2.45, 2.75) is 44.7 Å². The Hall–Kier alpha value is -0.643. The summed E-state index contributed by atoms with van der Waals surface area (Å²) in [6.45, 7) is 4.56. The summed E-state index contributed by atoms with van der Waals surface area (Å²) >= 11 is 0. The van der Waals surface area contributed by atoms with Gasteiger partial charge >= 0.3 is 0 Å². The first-order valence-electron chi connectivity index (χ1n) is 8.35. The highest BCUT2D eigenvalue weighted by molar-refractivity contribution is 6.08. The minimum atomic E-state index is 1.04. The summed E-state index contributed by atoms with van der Waals surface area (Å²) in [4.78, 5) is 0. The van der Waals surface area contributed by atoms with Crippen molar-refractivity contribution in [3.8, 4) is 0 Å². The molecule has 0 aliphatic heterocycles. The first-order valence-corrected chi connectivity index (χ1v) is 9.06. The Morgan fingerprint density at radius 2 is 1.57 bits per heavy atom. The quantitative estimate of drug-likeness (QED) is 0.354. The zero-order valence-corrected chi connectivity index (χ0v) is 14.9. The summed E-state index contributed by atoms with van der Waals surface area (Å²) in [6, 6.07) is 11.9. The fourth-order valence-electron chi connectivity index (χ4n) is 2.57. The van der Waals surface area contributed by atoms with E-state index in [2.05, 4.69) is 60.0 Å². The van der Waals surface area contributed by atoms with Gasteiger partial charge in [-0.15, -0.1) is 0 Å². The molecule has 3 radical (unpaired) electrons. The zero-order valence-electron chi connectivity index (χ0n) is 13.9. The molecule has 1 rings (SSSR count). The molecule has 0 aliphatic rings. The van der Waals surface area contributed by atoms with Gasteiger partial charge in [0.25, 0.3) is 0 Å². The second kappa shape index (κ2) is 11.0. The predicted octanol–water partition coefficient (Wildman–Crippen LogP) is 3.39. The lowest BCUT2D eigenvalue weighted by atomic mass is 10.1. The van der Waals surface area contributed by atoms with Crippen LogP contribution in [-0.2, 0) is 6.54 Å². The van der Waals surface area contributed by atoms with Crippen LogP contribution < -0.4 is 5.32 Å². The molecule has 0 bridgehead atoms. The van der Waals surface area contributed by atoms with Crippen LogP contribution >= 0.6 is 0 Å². The highest BCUT2D eigenvalue weighted by Gasteiger charge is 2.14. The maximum atomic E-state index is 3.59. The summed E-state index contributed by atoms with van der Waals surface area (Å²) in [5, 5.41) is 3.59. The van der Waals surface area contributed by atoms with E-state index in [4.69, 9.17) is 0 Å². The molecule has 0 heterocycles. The Balaban J connectivity index is 2.03. The SMILES string of the molecule is C[N+](C)(CCNCCCCCCC[Si])Cc1ccccc1. The molecule has 1 aromatic rings. The maximum Gasteiger partial charge on any atom is 0.104 e. The summed E-state index contributed by atoms with van der Waals surface area (Å²) in [6.07, 6.45) is 6.73. The van der Waals surface area contributed by atoms with Crippen LogP contribution in [0.3, 0.4) is 0 Å². The van der Waals surface area contributed by atoms with Gasteiger partial charge in [-0.2, -0.15) is 0 Å². The third-order valence-corrected chi connectivity index (χ3v) is 4.23. The van der Waals surface area contributed by atoms with E-state index in [1.807, 2.05) is 0 Å². The minimum Gasteiger partial charge on any atom is -0.324 e. The lowest BCUT2D eigenvalue weighted by Gasteiger charge is -2.30. The van der Waals surface area contributed by atoms with Gasteiger partial charge in [-0.1, -0.05) is 62.1 Å². The van der Waals surface area contributed by atoms with Crippen LogP contribution in [0.5, 0.6) is 0 Å². The van der Waals surface area contributed by atoms with Gasteiger partial charge in [0.15, 0.2) is 0 Å². The van der Waals surface area contributed by atoms with Crippen molar-refractivity contribution in [2.75, 3.05) is 33.7 Å². The van der Waals surface area contributed by atoms with Crippen LogP contribution in [0, 0.1) is 0 Å². The summed E-state index contributed by atoms with van der Waals surface area (Å²) in [7, 11) is 8.15. The monoisotopic (exact) mass is 304 g/mol. The van der Waals surface area contributed by atoms with Gasteiger partial charge in [0, 0.05) is 22.4 Å². The Kier molecular flexibility index (Phi) is 9.64. The van der Waals surface area contributed by atoms with Crippen molar-refractivity contribution in [2.24, 2.45) is 0 Å². The highest BCUT2D eigenvalue weighted by Crippen LogP contribution is 2.08. The summed E-state index contributed by atoms with van der Waals surface area (Å²) < 4.78 is 1.04. The lowest BCUT2D eigenvalue weighted by Crippen LogP contribution is -2.43. The number of quaternary nitrogens is 1. The molecular formula is C18H32N2Si+. The molecule has 0 aromatic heterocycles. The molecule has 1 aromatic carbocycles. The average Bonchev–Trinajstić information content (AvgIpc) is 2.46. The van der Waals surface area contributed by atoms with E-state index >= 15 is 0 Å². The number of likely N-dealkylation sites (N-methyl/N-ethyl adjacent to an activating group) is 1. The number of hydrogen-bond donors (Lipinski definition) is 1. The highest BCUT2D eigenvalue weighted by atomic mass is 28.1. The molecule has 0 spiro atoms. The second-order valence-electron chi connectivity index (χ2n) is 6.57. The Morgan fingerprint density at radius 3 is 2.29 bits per heavy atom. The van der Waals surface area contributed by atoms with Crippen LogP contribution in [-0.4, -0.2) is 48.5 Å². The van der Waals surface area contributed by atoms with E-state index in [0.717, 1.165) is 23.6 Å². The van der Waals surface area contributed by atoms with Gasteiger partial charge in [0.05, 0.1) is 20.6 Å². The summed E-state index contributed by atoms with van der Waals surface area (Å²) in [5.41, 5.74) is 1.43. The van der Waals surface area contributed by atoms with Gasteiger partial charge in [-0.05, 0) is 13.0 Å². The molecule has 0 unspecified atom stereocenters. The number of hydrogen-bond acceptors (Lipinski definition) is 1. The van der Waals surface area contributed by atoms with Gasteiger partial charge in [-0.3, -0.25) is 0 Å². The first-order chi connectivity index (χ1) is 10.1. The molecule has 2 nitrogen and oxygen atoms in total. The van der Waals surface area contributed by atoms with Crippen LogP contribution in [0.2, 0.25) is 6.04 Å². The molecular weight excluding hydrogens is 272 g/mol. The van der Waals surface area contributed by atoms with Crippen molar-refractivity contribution >= 4 is 10.2 Å². The molecule has 0 aliphatic carbocycles. The largest absolute Gasteiger partial charge is 0.324 e. The van der Waals surface area contributed by atoms with Crippen molar-refractivity contribution in [3.63, 3.8) is 0 Å². The van der Waals surface area contributed by atoms with Crippen molar-refractivity contribution in [1.29, 1.82) is 0 Å². The fraction of sp³-hybridized carbons (Fsp3) is 0.667. The van der Waals surface area contributed by atoms with E-state index < -0.39 is 0 Å². The maximum absolute atomic E-state index is 3.59. The number of rotatable bonds is 12. The average molecular weight is 305 g/mol. The summed E-state index contributed by atoms with van der Waals surface area (Å²) in [5.74, 6) is 0. The molecule has 1 N–H and O–H groups in total. The van der Waals surface area contributed by atoms with Crippen molar-refractivity contribution in [3.05, 3.63) is 35.9 Å². The van der Waals surface area contributed by atoms with Crippen LogP contribution in [0.4, 0.5) is 0 Å². The lowest BCUT2D eigenvalue weighted by molar-refractivity contribution is -0.902. The number of unbranched alkanes of at least 4 members (excludes halogenated alkanes) is 4. The van der Waals surface area contributed by atoms with E-state index in [9.17, 15) is 0 Å². The molecule has 3 heteroatoms. The smallest absolute Gasteiger partial charge is 0.104 e. The van der Waals surface area contributed by atoms with Gasteiger partial charge in [0.2, 0.25) is 0 Å². The molecule has 0 amide bonds. The third-order valence-electron chi connectivity index (χ3n) is 3.88. The van der Waals surface area contributed by atoms with Crippen LogP contribution in [0.15, 0.2) is 30.3 Å². The van der Waals surface area contributed by atoms with Gasteiger partial charge in [0.1, 0.15) is 6.54 Å². The number of nitrogens with one attached hydrogen (secondary N) is 1. The number of benzene rings is 1. The fourth-order valence-corrected chi connectivity index (χ4v) is 2.82. The first kappa shape index (κ1) is 18.4. The molecule has 0 saturated carbocycles. The molecule has 0 fully saturated rings. The van der Waals surface area contributed by atoms with E-state index in [1.165, 1.54) is 50.8 Å². The molecule has 21 heavy (non-hydrogen) atoms. The minimum absolute atomic E-state index is 1.04. The Labute approximate surface area is 135 Å². The van der Waals surface area contributed by atoms with Gasteiger partial charge in [-0.25, -0.2) is 0 Å². The van der Waals surface area contributed by atoms with E-state index in [0.29, 0.717) is 0 Å². The third kappa shape index (κ3) is 9.83. The Bertz CT molecular complexity index is 351. The predicted molar refractivity (Wildman–Crippen MR) is 93.6 cm³/mol. The Morgan fingerprint density at radius 1 is 0.905 bits per heavy atom.